The molecule has 0 aromatic carbocycles. The highest BCUT2D eigenvalue weighted by Crippen LogP contribution is 2.25. The van der Waals surface area contributed by atoms with E-state index in [9.17, 15) is 59.4 Å². The summed E-state index contributed by atoms with van der Waals surface area (Å²) in [5, 5.41) is 59.5. The largest absolute Gasteiger partial charge is 0.462 e. The molecule has 0 rings (SSSR count). The van der Waals surface area contributed by atoms with Gasteiger partial charge in [-0.25, -0.2) is 0 Å². The lowest BCUT2D eigenvalue weighted by molar-refractivity contribution is -0.168. The topological polar surface area (TPSA) is 362 Å². The molecule has 0 spiro atoms. The van der Waals surface area contributed by atoms with E-state index in [2.05, 4.69) is 75.8 Å². The third-order valence-corrected chi connectivity index (χ3v) is 12.5. The lowest BCUT2D eigenvalue weighted by atomic mass is 9.88. The number of ether oxygens (including phenoxy) is 15. The molecular weight excluding hydrogens is 1240 g/mol. The number of aliphatic hydroxyl groups excluding tert-OH is 6. The maximum absolute atomic E-state index is 12.7. The molecule has 33 heteroatoms. The number of carbonyl (C=O) groups excluding carboxylic acids is 6. The van der Waals surface area contributed by atoms with Gasteiger partial charge < -0.3 is 102 Å². The number of aliphatic hydroxyl groups is 6. The van der Waals surface area contributed by atoms with Gasteiger partial charge in [-0.15, -0.1) is 0 Å². The van der Waals surface area contributed by atoms with Gasteiger partial charge in [-0.2, -0.15) is 75.8 Å². The van der Waals surface area contributed by atoms with Gasteiger partial charge in [0, 0.05) is 39.9 Å². The molecule has 6 N–H and O–H groups in total. The van der Waals surface area contributed by atoms with E-state index in [0.29, 0.717) is 6.42 Å². The first-order valence-electron chi connectivity index (χ1n) is 27.3. The molecule has 84 heavy (non-hydrogen) atoms. The van der Waals surface area contributed by atoms with Gasteiger partial charge in [-0.1, -0.05) is 6.92 Å². The highest BCUT2D eigenvalue weighted by Gasteiger charge is 2.33. The molecule has 0 saturated heterocycles. The van der Waals surface area contributed by atoms with E-state index >= 15 is 0 Å². The number of hydrogen-bond donors (Lipinski definition) is 12. The third-order valence-electron chi connectivity index (χ3n) is 11.1. The minimum atomic E-state index is -1.26. The highest BCUT2D eigenvalue weighted by molar-refractivity contribution is 7.81. The maximum Gasteiger partial charge on any atom is 0.307 e. The molecule has 0 bridgehead atoms. The van der Waals surface area contributed by atoms with E-state index in [1.807, 2.05) is 6.92 Å². The van der Waals surface area contributed by atoms with Crippen molar-refractivity contribution in [3.05, 3.63) is 0 Å². The van der Waals surface area contributed by atoms with Gasteiger partial charge in [0.05, 0.1) is 171 Å². The number of hydrogen-bond acceptors (Lipinski definition) is 33. The SMILES string of the molecule is CCC(COCC(CO)OCC(COC(=O)CCS)OC(=O)CCS)(COCC(COCC(CO)OC(=O)CCS)OCC(O)CO)COCC(COCC(CO)OC(=O)CCS)OCC(COCC(CO)OC(=O)CCS)OC(=O)CCS. The molecule has 0 aliphatic carbocycles. The number of thiol groups is 6. The molecular formula is C51H92O27S6. The normalized spacial score (nSPS) is 15.5. The van der Waals surface area contributed by atoms with E-state index in [4.69, 9.17) is 71.1 Å². The zero-order valence-electron chi connectivity index (χ0n) is 47.7. The van der Waals surface area contributed by atoms with Crippen molar-refractivity contribution in [1.82, 2.24) is 0 Å². The summed E-state index contributed by atoms with van der Waals surface area (Å²) in [6.45, 7) is -4.79. The molecule has 0 aliphatic heterocycles. The summed E-state index contributed by atoms with van der Waals surface area (Å²) in [4.78, 5) is 73.6. The van der Waals surface area contributed by atoms with Crippen LogP contribution >= 0.6 is 75.8 Å². The molecule has 0 aromatic heterocycles. The predicted molar refractivity (Wildman–Crippen MR) is 319 cm³/mol. The van der Waals surface area contributed by atoms with Gasteiger partial charge in [-0.05, 0) is 6.42 Å². The molecule has 0 aromatic rings. The Balaban J connectivity index is 6.87. The Morgan fingerprint density at radius 2 is 0.607 bits per heavy atom. The van der Waals surface area contributed by atoms with Crippen molar-refractivity contribution < 1.29 is 130 Å². The van der Waals surface area contributed by atoms with Crippen LogP contribution < -0.4 is 0 Å². The Kier molecular flexibility index (Phi) is 53.2. The average Bonchev–Trinajstić information content (AvgIpc) is 3.52. The van der Waals surface area contributed by atoms with E-state index in [-0.39, 0.29) is 179 Å². The summed E-state index contributed by atoms with van der Waals surface area (Å²) < 4.78 is 86.1. The second-order valence-electron chi connectivity index (χ2n) is 18.5. The molecule has 0 aliphatic rings. The van der Waals surface area contributed by atoms with Crippen molar-refractivity contribution in [1.29, 1.82) is 0 Å². The standard InChI is InChI=1S/C51H92O27S6/c1-2-51(33-67-21-37(16-53)71-31-44(78-50(63)8-14-84)32-73-45(58)3-9-79,34-68-27-41(70-20-36(57)15-52)25-64-22-38(17-54)74-46(59)4-10-80)35-69-28-42(26-65-23-39(18-55)75-47(60)5-11-81)72-30-43(77-49(62)7-13-83)29-66-24-40(19-56)76-48(61)6-12-82/h36-44,52-57,79-84H,2-35H2,1H3. The molecule has 0 saturated carbocycles. The van der Waals surface area contributed by atoms with Crippen molar-refractivity contribution in [3.63, 3.8) is 0 Å². The number of esters is 6. The van der Waals surface area contributed by atoms with E-state index < -0.39 is 129 Å². The third kappa shape index (κ3) is 43.1. The lowest BCUT2D eigenvalue weighted by Gasteiger charge is -2.34. The Morgan fingerprint density at radius 1 is 0.333 bits per heavy atom. The molecule has 0 heterocycles. The van der Waals surface area contributed by atoms with Crippen LogP contribution in [0.25, 0.3) is 0 Å². The molecule has 10 unspecified atom stereocenters. The average molecular weight is 1330 g/mol. The first-order chi connectivity index (χ1) is 40.5. The summed E-state index contributed by atoms with van der Waals surface area (Å²) in [5.74, 6) is -2.41. The highest BCUT2D eigenvalue weighted by atomic mass is 32.1. The van der Waals surface area contributed by atoms with E-state index in [1.54, 1.807) is 0 Å². The molecule has 27 nitrogen and oxygen atoms in total. The van der Waals surface area contributed by atoms with Crippen molar-refractivity contribution >= 4 is 112 Å². The summed E-state index contributed by atoms with van der Waals surface area (Å²) in [6.07, 6.45) is -9.16. The van der Waals surface area contributed by atoms with Crippen LogP contribution in [0.4, 0.5) is 0 Å². The van der Waals surface area contributed by atoms with Crippen LogP contribution in [0.1, 0.15) is 51.9 Å². The molecule has 0 amide bonds. The van der Waals surface area contributed by atoms with Crippen LogP contribution in [0.5, 0.6) is 0 Å². The zero-order chi connectivity index (χ0) is 62.8. The van der Waals surface area contributed by atoms with Gasteiger partial charge in [0.15, 0.2) is 6.10 Å². The fourth-order valence-electron chi connectivity index (χ4n) is 6.51. The molecule has 0 radical (unpaired) electrons. The Labute approximate surface area is 524 Å². The first kappa shape index (κ1) is 82.3. The zero-order valence-corrected chi connectivity index (χ0v) is 53.0. The van der Waals surface area contributed by atoms with Crippen LogP contribution in [0.15, 0.2) is 0 Å². The van der Waals surface area contributed by atoms with Crippen molar-refractivity contribution in [3.8, 4) is 0 Å². The van der Waals surface area contributed by atoms with Crippen LogP contribution in [0, 0.1) is 5.41 Å². The van der Waals surface area contributed by atoms with Gasteiger partial charge in [0.1, 0.15) is 55.4 Å². The Bertz CT molecular complexity index is 1700. The maximum atomic E-state index is 12.7. The van der Waals surface area contributed by atoms with E-state index in [0.717, 1.165) is 0 Å². The second kappa shape index (κ2) is 54.3. The van der Waals surface area contributed by atoms with Crippen LogP contribution in [0.2, 0.25) is 0 Å². The minimum absolute atomic E-state index is 0.00212. The molecule has 0 fully saturated rings. The quantitative estimate of drug-likeness (QED) is 0.0197. The van der Waals surface area contributed by atoms with Gasteiger partial charge in [0.2, 0.25) is 0 Å². The summed E-state index contributed by atoms with van der Waals surface area (Å²) in [5.41, 5.74) is -1.04. The monoisotopic (exact) mass is 1330 g/mol. The fraction of sp³-hybridized carbons (Fsp3) is 0.882. The first-order valence-corrected chi connectivity index (χ1v) is 31.1. The number of rotatable bonds is 58. The number of carbonyl (C=O) groups is 6. The van der Waals surface area contributed by atoms with Gasteiger partial charge in [-0.3, -0.25) is 28.8 Å². The lowest BCUT2D eigenvalue weighted by Crippen LogP contribution is -2.41. The smallest absolute Gasteiger partial charge is 0.307 e. The summed E-state index contributed by atoms with van der Waals surface area (Å²) >= 11 is 24.3. The van der Waals surface area contributed by atoms with Crippen LogP contribution in [0.3, 0.4) is 0 Å². The van der Waals surface area contributed by atoms with Crippen LogP contribution in [-0.2, 0) is 99.8 Å². The Hall–Kier alpha value is -1.68. The Morgan fingerprint density at radius 3 is 0.940 bits per heavy atom. The van der Waals surface area contributed by atoms with Gasteiger partial charge >= 0.3 is 35.8 Å². The minimum Gasteiger partial charge on any atom is -0.462 e. The van der Waals surface area contributed by atoms with Crippen molar-refractivity contribution in [2.45, 2.75) is 107 Å². The fourth-order valence-corrected chi connectivity index (χ4v) is 7.60. The molecule has 494 valence electrons. The van der Waals surface area contributed by atoms with Crippen molar-refractivity contribution in [2.75, 3.05) is 173 Å². The predicted octanol–water partition coefficient (Wildman–Crippen LogP) is -1.02. The van der Waals surface area contributed by atoms with Crippen molar-refractivity contribution in [2.24, 2.45) is 5.41 Å². The molecule has 10 atom stereocenters. The second-order valence-corrected chi connectivity index (χ2v) is 21.2. The summed E-state index contributed by atoms with van der Waals surface area (Å²) in [6, 6.07) is 0. The van der Waals surface area contributed by atoms with E-state index in [1.165, 1.54) is 0 Å². The van der Waals surface area contributed by atoms with Gasteiger partial charge in [0.25, 0.3) is 0 Å². The summed E-state index contributed by atoms with van der Waals surface area (Å²) in [7, 11) is 0. The van der Waals surface area contributed by atoms with Crippen LogP contribution in [-0.4, -0.2) is 295 Å².